The zero-order chi connectivity index (χ0) is 8.27. The summed E-state index contributed by atoms with van der Waals surface area (Å²) in [6.45, 7) is 4.11. The number of nitrogens with zero attached hydrogens (tertiary/aromatic N) is 1. The fourth-order valence-electron chi connectivity index (χ4n) is 1.08. The lowest BCUT2D eigenvalue weighted by atomic mass is 10.2. The largest absolute Gasteiger partial charge is 0.390 e. The van der Waals surface area contributed by atoms with E-state index >= 15 is 0 Å². The Morgan fingerprint density at radius 2 is 2.00 bits per heavy atom. The first-order valence-electron chi connectivity index (χ1n) is 3.83. The molecule has 0 spiro atoms. The van der Waals surface area contributed by atoms with Crippen LogP contribution in [0.15, 0.2) is 12.1 Å². The molecule has 1 heterocycles. The predicted molar refractivity (Wildman–Crippen MR) is 44.3 cm³/mol. The van der Waals surface area contributed by atoms with Gasteiger partial charge in [-0.15, -0.1) is 0 Å². The highest BCUT2D eigenvalue weighted by Crippen LogP contribution is 2.05. The van der Waals surface area contributed by atoms with Gasteiger partial charge in [0.25, 0.3) is 0 Å². The number of aryl methyl sites for hydroxylation is 2. The highest BCUT2D eigenvalue weighted by Gasteiger charge is 1.96. The van der Waals surface area contributed by atoms with E-state index in [1.54, 1.807) is 0 Å². The Hall–Kier alpha value is -0.890. The summed E-state index contributed by atoms with van der Waals surface area (Å²) in [7, 11) is 0. The van der Waals surface area contributed by atoms with E-state index in [9.17, 15) is 0 Å². The van der Waals surface area contributed by atoms with Crippen LogP contribution in [0.2, 0.25) is 0 Å². The van der Waals surface area contributed by atoms with Crippen molar-refractivity contribution in [2.75, 3.05) is 0 Å². The van der Waals surface area contributed by atoms with Crippen LogP contribution in [0.1, 0.15) is 23.9 Å². The van der Waals surface area contributed by atoms with Gasteiger partial charge in [0.1, 0.15) is 0 Å². The number of aliphatic hydroxyl groups is 1. The van der Waals surface area contributed by atoms with Crippen molar-refractivity contribution < 1.29 is 5.11 Å². The number of rotatable bonds is 2. The van der Waals surface area contributed by atoms with Crippen LogP contribution >= 0.6 is 0 Å². The lowest BCUT2D eigenvalue weighted by Gasteiger charge is -2.01. The van der Waals surface area contributed by atoms with E-state index in [1.807, 2.05) is 19.1 Å². The summed E-state index contributed by atoms with van der Waals surface area (Å²) < 4.78 is 0. The molecule has 1 aromatic rings. The molecule has 1 rings (SSSR count). The van der Waals surface area contributed by atoms with Gasteiger partial charge in [-0.05, 0) is 31.0 Å². The molecule has 0 saturated heterocycles. The number of pyridine rings is 1. The van der Waals surface area contributed by atoms with Crippen LogP contribution in [0.4, 0.5) is 0 Å². The standard InChI is InChI=1S/C9H13NO/c1-3-8-4-7(2)5-9(6-11)10-8/h4-5,11H,3,6H2,1-2H3. The van der Waals surface area contributed by atoms with Gasteiger partial charge in [-0.1, -0.05) is 6.92 Å². The average molecular weight is 151 g/mol. The second-order valence-corrected chi connectivity index (χ2v) is 2.64. The normalized spacial score (nSPS) is 10.1. The topological polar surface area (TPSA) is 33.1 Å². The quantitative estimate of drug-likeness (QED) is 0.693. The Balaban J connectivity index is 3.02. The van der Waals surface area contributed by atoms with Crippen molar-refractivity contribution in [3.63, 3.8) is 0 Å². The van der Waals surface area contributed by atoms with Crippen molar-refractivity contribution in [2.24, 2.45) is 0 Å². The molecule has 2 heteroatoms. The molecule has 0 atom stereocenters. The minimum atomic E-state index is 0.0364. The van der Waals surface area contributed by atoms with E-state index in [-0.39, 0.29) is 6.61 Å². The molecule has 0 radical (unpaired) electrons. The van der Waals surface area contributed by atoms with Crippen LogP contribution in [-0.2, 0) is 13.0 Å². The van der Waals surface area contributed by atoms with E-state index < -0.39 is 0 Å². The van der Waals surface area contributed by atoms with Crippen molar-refractivity contribution in [1.29, 1.82) is 0 Å². The molecule has 0 bridgehead atoms. The molecule has 0 aromatic carbocycles. The Bertz CT molecular complexity index is 223. The fraction of sp³-hybridized carbons (Fsp3) is 0.444. The van der Waals surface area contributed by atoms with E-state index in [1.165, 1.54) is 5.56 Å². The molecule has 60 valence electrons. The van der Waals surface area contributed by atoms with E-state index in [0.717, 1.165) is 17.8 Å². The monoisotopic (exact) mass is 151 g/mol. The van der Waals surface area contributed by atoms with Crippen molar-refractivity contribution in [2.45, 2.75) is 26.9 Å². The molecule has 0 aliphatic rings. The van der Waals surface area contributed by atoms with Crippen LogP contribution < -0.4 is 0 Å². The lowest BCUT2D eigenvalue weighted by molar-refractivity contribution is 0.276. The molecule has 0 fully saturated rings. The highest BCUT2D eigenvalue weighted by atomic mass is 16.3. The Kier molecular flexibility index (Phi) is 2.60. The number of hydrogen-bond acceptors (Lipinski definition) is 2. The van der Waals surface area contributed by atoms with E-state index in [0.29, 0.717) is 0 Å². The summed E-state index contributed by atoms with van der Waals surface area (Å²) in [5.41, 5.74) is 2.98. The first-order chi connectivity index (χ1) is 5.26. The van der Waals surface area contributed by atoms with Crippen molar-refractivity contribution >= 4 is 0 Å². The van der Waals surface area contributed by atoms with Crippen LogP contribution in [0.25, 0.3) is 0 Å². The predicted octanol–water partition coefficient (Wildman–Crippen LogP) is 1.44. The lowest BCUT2D eigenvalue weighted by Crippen LogP contribution is -1.95. The van der Waals surface area contributed by atoms with Crippen molar-refractivity contribution in [3.8, 4) is 0 Å². The number of aromatic nitrogens is 1. The van der Waals surface area contributed by atoms with Gasteiger partial charge in [0.15, 0.2) is 0 Å². The maximum Gasteiger partial charge on any atom is 0.0853 e. The number of hydrogen-bond donors (Lipinski definition) is 1. The van der Waals surface area contributed by atoms with Gasteiger partial charge in [-0.2, -0.15) is 0 Å². The Labute approximate surface area is 66.9 Å². The molecular weight excluding hydrogens is 138 g/mol. The van der Waals surface area contributed by atoms with Gasteiger partial charge >= 0.3 is 0 Å². The molecule has 11 heavy (non-hydrogen) atoms. The molecule has 0 aliphatic heterocycles. The molecule has 1 aromatic heterocycles. The fourth-order valence-corrected chi connectivity index (χ4v) is 1.08. The molecular formula is C9H13NO. The molecule has 1 N–H and O–H groups in total. The third-order valence-electron chi connectivity index (χ3n) is 1.60. The Morgan fingerprint density at radius 1 is 1.36 bits per heavy atom. The van der Waals surface area contributed by atoms with Gasteiger partial charge in [-0.3, -0.25) is 4.98 Å². The maximum absolute atomic E-state index is 8.82. The summed E-state index contributed by atoms with van der Waals surface area (Å²) >= 11 is 0. The smallest absolute Gasteiger partial charge is 0.0853 e. The minimum absolute atomic E-state index is 0.0364. The third kappa shape index (κ3) is 2.02. The summed E-state index contributed by atoms with van der Waals surface area (Å²) in [6.07, 6.45) is 0.925. The molecule has 0 unspecified atom stereocenters. The molecule has 0 saturated carbocycles. The summed E-state index contributed by atoms with van der Waals surface area (Å²) in [4.78, 5) is 4.22. The van der Waals surface area contributed by atoms with Crippen molar-refractivity contribution in [3.05, 3.63) is 29.1 Å². The van der Waals surface area contributed by atoms with Crippen LogP contribution in [0, 0.1) is 6.92 Å². The molecule has 2 nitrogen and oxygen atoms in total. The summed E-state index contributed by atoms with van der Waals surface area (Å²) in [5.74, 6) is 0. The van der Waals surface area contributed by atoms with Gasteiger partial charge in [0, 0.05) is 5.69 Å². The van der Waals surface area contributed by atoms with Gasteiger partial charge in [-0.25, -0.2) is 0 Å². The Morgan fingerprint density at radius 3 is 2.55 bits per heavy atom. The minimum Gasteiger partial charge on any atom is -0.390 e. The second-order valence-electron chi connectivity index (χ2n) is 2.64. The van der Waals surface area contributed by atoms with E-state index in [2.05, 4.69) is 11.9 Å². The zero-order valence-electron chi connectivity index (χ0n) is 6.96. The van der Waals surface area contributed by atoms with Crippen LogP contribution in [0.3, 0.4) is 0 Å². The first kappa shape index (κ1) is 8.21. The van der Waals surface area contributed by atoms with Gasteiger partial charge in [0.2, 0.25) is 0 Å². The van der Waals surface area contributed by atoms with Gasteiger partial charge < -0.3 is 5.11 Å². The second kappa shape index (κ2) is 3.49. The first-order valence-corrected chi connectivity index (χ1v) is 3.83. The maximum atomic E-state index is 8.82. The van der Waals surface area contributed by atoms with Crippen molar-refractivity contribution in [1.82, 2.24) is 4.98 Å². The number of aliphatic hydroxyl groups excluding tert-OH is 1. The van der Waals surface area contributed by atoms with E-state index in [4.69, 9.17) is 5.11 Å². The molecule has 0 amide bonds. The average Bonchev–Trinajstić information content (AvgIpc) is 2.03. The summed E-state index contributed by atoms with van der Waals surface area (Å²) in [6, 6.07) is 3.94. The van der Waals surface area contributed by atoms with Crippen LogP contribution in [0.5, 0.6) is 0 Å². The third-order valence-corrected chi connectivity index (χ3v) is 1.60. The molecule has 0 aliphatic carbocycles. The SMILES string of the molecule is CCc1cc(C)cc(CO)n1. The zero-order valence-corrected chi connectivity index (χ0v) is 6.96. The van der Waals surface area contributed by atoms with Gasteiger partial charge in [0.05, 0.1) is 12.3 Å². The van der Waals surface area contributed by atoms with Crippen LogP contribution in [-0.4, -0.2) is 10.1 Å². The summed E-state index contributed by atoms with van der Waals surface area (Å²) in [5, 5.41) is 8.82. The highest BCUT2D eigenvalue weighted by molar-refractivity contribution is 5.19.